The van der Waals surface area contributed by atoms with E-state index in [1.807, 2.05) is 11.8 Å². The van der Waals surface area contributed by atoms with Crippen molar-refractivity contribution in [2.45, 2.75) is 56.5 Å². The van der Waals surface area contributed by atoms with Gasteiger partial charge in [0.05, 0.1) is 10.6 Å². The van der Waals surface area contributed by atoms with Crippen LogP contribution in [0.1, 0.15) is 53.6 Å². The lowest BCUT2D eigenvalue weighted by molar-refractivity contribution is 0.0660. The van der Waals surface area contributed by atoms with E-state index in [2.05, 4.69) is 4.72 Å². The van der Waals surface area contributed by atoms with Gasteiger partial charge in [-0.2, -0.15) is 0 Å². The Morgan fingerprint density at radius 3 is 2.41 bits per heavy atom. The molecule has 142 valence electrons. The van der Waals surface area contributed by atoms with Gasteiger partial charge in [-0.05, 0) is 44.0 Å². The summed E-state index contributed by atoms with van der Waals surface area (Å²) in [5.41, 5.74) is 2.90. The number of anilines is 1. The molecule has 0 bridgehead atoms. The number of carbonyl (C=O) groups is 1. The third kappa shape index (κ3) is 3.46. The molecule has 0 saturated heterocycles. The van der Waals surface area contributed by atoms with Crippen LogP contribution in [0.4, 0.5) is 5.69 Å². The third-order valence-corrected chi connectivity index (χ3v) is 6.97. The van der Waals surface area contributed by atoms with E-state index in [0.29, 0.717) is 17.8 Å². The van der Waals surface area contributed by atoms with E-state index in [-0.39, 0.29) is 16.8 Å². The quantitative estimate of drug-likeness (QED) is 0.864. The summed E-state index contributed by atoms with van der Waals surface area (Å²) in [4.78, 5) is 15.0. The summed E-state index contributed by atoms with van der Waals surface area (Å²) in [6.07, 6.45) is 5.59. The number of benzene rings is 2. The molecule has 6 heteroatoms. The molecule has 0 aromatic heterocycles. The monoisotopic (exact) mass is 384 g/mol. The second-order valence-corrected chi connectivity index (χ2v) is 9.16. The van der Waals surface area contributed by atoms with Gasteiger partial charge in [-0.15, -0.1) is 0 Å². The molecule has 4 rings (SSSR count). The van der Waals surface area contributed by atoms with E-state index in [1.54, 1.807) is 42.5 Å². The average Bonchev–Trinajstić information content (AvgIpc) is 3.01. The molecular weight excluding hydrogens is 360 g/mol. The molecule has 2 aromatic carbocycles. The van der Waals surface area contributed by atoms with Crippen molar-refractivity contribution in [1.82, 2.24) is 4.90 Å². The van der Waals surface area contributed by atoms with Crippen LogP contribution in [0.5, 0.6) is 0 Å². The first-order chi connectivity index (χ1) is 13.0. The van der Waals surface area contributed by atoms with Gasteiger partial charge in [0.2, 0.25) is 0 Å². The van der Waals surface area contributed by atoms with E-state index >= 15 is 0 Å². The maximum Gasteiger partial charge on any atom is 0.261 e. The van der Waals surface area contributed by atoms with Crippen LogP contribution in [0.15, 0.2) is 47.4 Å². The molecule has 0 spiro atoms. The predicted octanol–water partition coefficient (Wildman–Crippen LogP) is 4.08. The fourth-order valence-electron chi connectivity index (χ4n) is 4.06. The average molecular weight is 385 g/mol. The van der Waals surface area contributed by atoms with Gasteiger partial charge in [-0.1, -0.05) is 43.0 Å². The molecule has 0 radical (unpaired) electrons. The zero-order valence-corrected chi connectivity index (χ0v) is 16.3. The largest absolute Gasteiger partial charge is 0.331 e. The molecule has 27 heavy (non-hydrogen) atoms. The van der Waals surface area contributed by atoms with E-state index < -0.39 is 10.0 Å². The topological polar surface area (TPSA) is 66.5 Å². The number of nitrogens with one attached hydrogen (secondary N) is 1. The van der Waals surface area contributed by atoms with E-state index in [1.165, 1.54) is 6.42 Å². The molecule has 1 fully saturated rings. The summed E-state index contributed by atoms with van der Waals surface area (Å²) in [5, 5.41) is 0. The van der Waals surface area contributed by atoms with Gasteiger partial charge in [0, 0.05) is 23.7 Å². The van der Waals surface area contributed by atoms with Crippen molar-refractivity contribution in [3.05, 3.63) is 59.2 Å². The Morgan fingerprint density at radius 1 is 1.00 bits per heavy atom. The Morgan fingerprint density at radius 2 is 1.70 bits per heavy atom. The second kappa shape index (κ2) is 7.00. The second-order valence-electron chi connectivity index (χ2n) is 7.48. The van der Waals surface area contributed by atoms with Crippen molar-refractivity contribution in [3.63, 3.8) is 0 Å². The Hall–Kier alpha value is -2.34. The van der Waals surface area contributed by atoms with Crippen LogP contribution >= 0.6 is 0 Å². The molecule has 0 atom stereocenters. The molecule has 1 saturated carbocycles. The van der Waals surface area contributed by atoms with Crippen LogP contribution in [0.3, 0.4) is 0 Å². The Balaban J connectivity index is 1.62. The zero-order chi connectivity index (χ0) is 19.0. The van der Waals surface area contributed by atoms with Gasteiger partial charge >= 0.3 is 0 Å². The molecule has 1 aliphatic heterocycles. The van der Waals surface area contributed by atoms with Crippen molar-refractivity contribution in [2.75, 3.05) is 4.72 Å². The minimum absolute atomic E-state index is 0.0216. The normalized spacial score (nSPS) is 17.8. The highest BCUT2D eigenvalue weighted by Crippen LogP contribution is 2.35. The van der Waals surface area contributed by atoms with Gasteiger partial charge < -0.3 is 4.90 Å². The number of hydrogen-bond donors (Lipinski definition) is 1. The number of amides is 1. The van der Waals surface area contributed by atoms with Gasteiger partial charge in [-0.25, -0.2) is 8.42 Å². The van der Waals surface area contributed by atoms with E-state index in [9.17, 15) is 13.2 Å². The summed E-state index contributed by atoms with van der Waals surface area (Å²) >= 11 is 0. The molecule has 1 amide bonds. The van der Waals surface area contributed by atoms with Crippen molar-refractivity contribution < 1.29 is 13.2 Å². The van der Waals surface area contributed by atoms with E-state index in [4.69, 9.17) is 0 Å². The first-order valence-corrected chi connectivity index (χ1v) is 11.0. The predicted molar refractivity (Wildman–Crippen MR) is 105 cm³/mol. The summed E-state index contributed by atoms with van der Waals surface area (Å²) in [5.74, 6) is 0.0216. The lowest BCUT2D eigenvalue weighted by Gasteiger charge is -2.31. The number of nitrogens with zero attached hydrogens (tertiary/aromatic N) is 1. The number of sulfonamides is 1. The lowest BCUT2D eigenvalue weighted by atomic mass is 9.94. The highest BCUT2D eigenvalue weighted by Gasteiger charge is 2.35. The number of fused-ring (bicyclic) bond motifs is 1. The molecule has 2 aliphatic rings. The molecule has 5 nitrogen and oxygen atoms in total. The van der Waals surface area contributed by atoms with Gasteiger partial charge in [-0.3, -0.25) is 9.52 Å². The van der Waals surface area contributed by atoms with Crippen LogP contribution < -0.4 is 4.72 Å². The molecular formula is C21H24N2O3S. The van der Waals surface area contributed by atoms with Crippen LogP contribution in [0.2, 0.25) is 0 Å². The fourth-order valence-corrected chi connectivity index (χ4v) is 5.15. The molecule has 0 unspecified atom stereocenters. The first-order valence-electron chi connectivity index (χ1n) is 9.48. The van der Waals surface area contributed by atoms with Crippen molar-refractivity contribution in [1.29, 1.82) is 0 Å². The molecule has 2 aromatic rings. The Bertz CT molecular complexity index is 961. The smallest absolute Gasteiger partial charge is 0.261 e. The minimum Gasteiger partial charge on any atom is -0.331 e. The van der Waals surface area contributed by atoms with Gasteiger partial charge in [0.25, 0.3) is 15.9 Å². The minimum atomic E-state index is -3.69. The van der Waals surface area contributed by atoms with Crippen molar-refractivity contribution in [3.8, 4) is 0 Å². The Labute approximate surface area is 160 Å². The summed E-state index contributed by atoms with van der Waals surface area (Å²) in [6, 6.07) is 12.3. The summed E-state index contributed by atoms with van der Waals surface area (Å²) in [7, 11) is -3.69. The molecule has 1 N–H and O–H groups in total. The number of hydrogen-bond acceptors (Lipinski definition) is 3. The maximum atomic E-state index is 12.9. The van der Waals surface area contributed by atoms with Gasteiger partial charge in [0.1, 0.15) is 0 Å². The molecule has 1 heterocycles. The number of aryl methyl sites for hydroxylation is 1. The maximum absolute atomic E-state index is 12.9. The van der Waals surface area contributed by atoms with Crippen LogP contribution in [0, 0.1) is 6.92 Å². The summed E-state index contributed by atoms with van der Waals surface area (Å²) < 4.78 is 28.2. The highest BCUT2D eigenvalue weighted by atomic mass is 32.2. The SMILES string of the molecule is Cc1ccc(S(=O)(=O)Nc2cccc3c2CN(C2CCCCC2)C3=O)cc1. The van der Waals surface area contributed by atoms with Crippen LogP contribution in [0.25, 0.3) is 0 Å². The number of carbonyl (C=O) groups excluding carboxylic acids is 1. The number of rotatable bonds is 4. The standard InChI is InChI=1S/C21H24N2O3S/c1-15-10-12-17(13-11-15)27(25,26)22-20-9-5-8-18-19(20)14-23(21(18)24)16-6-3-2-4-7-16/h5,8-13,16,22H,2-4,6-7,14H2,1H3. The highest BCUT2D eigenvalue weighted by molar-refractivity contribution is 7.92. The summed E-state index contributed by atoms with van der Waals surface area (Å²) in [6.45, 7) is 2.39. The zero-order valence-electron chi connectivity index (χ0n) is 15.4. The fraction of sp³-hybridized carbons (Fsp3) is 0.381. The van der Waals surface area contributed by atoms with Crippen LogP contribution in [-0.4, -0.2) is 25.3 Å². The first kappa shape index (κ1) is 18.0. The third-order valence-electron chi connectivity index (χ3n) is 5.59. The van der Waals surface area contributed by atoms with Gasteiger partial charge in [0.15, 0.2) is 0 Å². The Kier molecular flexibility index (Phi) is 4.68. The lowest BCUT2D eigenvalue weighted by Crippen LogP contribution is -2.36. The van der Waals surface area contributed by atoms with Crippen molar-refractivity contribution >= 4 is 21.6 Å². The molecule has 1 aliphatic carbocycles. The van der Waals surface area contributed by atoms with Crippen LogP contribution in [-0.2, 0) is 16.6 Å². The van der Waals surface area contributed by atoms with Crippen molar-refractivity contribution in [2.24, 2.45) is 0 Å². The van der Waals surface area contributed by atoms with E-state index in [0.717, 1.165) is 36.8 Å².